The van der Waals surface area contributed by atoms with Gasteiger partial charge in [0.15, 0.2) is 0 Å². The number of carbonyl (C=O) groups excluding carboxylic acids is 2. The maximum absolute atomic E-state index is 12.6. The van der Waals surface area contributed by atoms with Crippen LogP contribution in [-0.4, -0.2) is 42.9 Å². The van der Waals surface area contributed by atoms with Gasteiger partial charge in [0.2, 0.25) is 5.91 Å². The number of fused-ring (bicyclic) bond motifs is 1. The van der Waals surface area contributed by atoms with Crippen molar-refractivity contribution in [3.8, 4) is 0 Å². The number of hydrogen-bond donors (Lipinski definition) is 1. The number of halogens is 1. The number of rotatable bonds is 2. The summed E-state index contributed by atoms with van der Waals surface area (Å²) in [7, 11) is 0. The van der Waals surface area contributed by atoms with Crippen LogP contribution in [0.4, 0.5) is 11.4 Å². The third-order valence-corrected chi connectivity index (χ3v) is 5.93. The van der Waals surface area contributed by atoms with Crippen molar-refractivity contribution >= 4 is 46.6 Å². The van der Waals surface area contributed by atoms with Crippen LogP contribution in [0.3, 0.4) is 0 Å². The number of nitrogens with zero attached hydrogens (tertiary/aromatic N) is 2. The molecule has 0 spiro atoms. The molecule has 1 N–H and O–H groups in total. The minimum atomic E-state index is -0.232. The Morgan fingerprint density at radius 1 is 1.07 bits per heavy atom. The predicted octanol–water partition coefficient (Wildman–Crippen LogP) is 3.62. The summed E-state index contributed by atoms with van der Waals surface area (Å²) in [5.41, 5.74) is 1.85. The first-order valence-corrected chi connectivity index (χ1v) is 9.89. The zero-order chi connectivity index (χ0) is 18.8. The molecule has 0 bridgehead atoms. The Morgan fingerprint density at radius 2 is 1.85 bits per heavy atom. The lowest BCUT2D eigenvalue weighted by molar-refractivity contribution is -0.126. The fourth-order valence-corrected chi connectivity index (χ4v) is 4.26. The quantitative estimate of drug-likeness (QED) is 0.784. The summed E-state index contributed by atoms with van der Waals surface area (Å²) in [5.74, 6) is -0.359. The number of thioether (sulfide) groups is 1. The van der Waals surface area contributed by atoms with Crippen molar-refractivity contribution in [1.29, 1.82) is 0 Å². The van der Waals surface area contributed by atoms with E-state index >= 15 is 0 Å². The smallest absolute Gasteiger partial charge is 0.262 e. The normalized spacial score (nSPS) is 18.3. The summed E-state index contributed by atoms with van der Waals surface area (Å²) in [4.78, 5) is 30.3. The van der Waals surface area contributed by atoms with Gasteiger partial charge in [0.25, 0.3) is 5.91 Å². The lowest BCUT2D eigenvalue weighted by Crippen LogP contribution is -2.48. The van der Waals surface area contributed by atoms with Gasteiger partial charge < -0.3 is 15.1 Å². The average molecular weight is 400 g/mol. The van der Waals surface area contributed by atoms with E-state index in [1.165, 1.54) is 17.8 Å². The summed E-state index contributed by atoms with van der Waals surface area (Å²) in [6.07, 6.45) is 1.45. The van der Waals surface area contributed by atoms with Crippen molar-refractivity contribution in [1.82, 2.24) is 4.90 Å². The fraction of sp³-hybridized carbons (Fsp3) is 0.200. The van der Waals surface area contributed by atoms with Crippen LogP contribution in [0.2, 0.25) is 5.02 Å². The van der Waals surface area contributed by atoms with Gasteiger partial charge in [0, 0.05) is 47.9 Å². The van der Waals surface area contributed by atoms with Gasteiger partial charge in [-0.2, -0.15) is 0 Å². The second-order valence-electron chi connectivity index (χ2n) is 6.35. The van der Waals surface area contributed by atoms with Crippen molar-refractivity contribution in [3.05, 3.63) is 64.5 Å². The molecule has 0 aliphatic carbocycles. The van der Waals surface area contributed by atoms with Crippen molar-refractivity contribution in [2.45, 2.75) is 4.90 Å². The standard InChI is InChI=1S/C20H18ClN3O2S/c21-14-4-3-5-15(12-14)23-8-10-24(11-9-23)19(25)13-18-20(26)22-16-6-1-2-7-17(16)27-18/h1-7,12-13H,8-11H2,(H,22,26)/b18-13-. The van der Waals surface area contributed by atoms with Crippen LogP contribution in [0, 0.1) is 0 Å². The minimum absolute atomic E-state index is 0.127. The molecule has 0 atom stereocenters. The number of benzene rings is 2. The van der Waals surface area contributed by atoms with E-state index in [-0.39, 0.29) is 11.8 Å². The topological polar surface area (TPSA) is 52.7 Å². The first-order valence-electron chi connectivity index (χ1n) is 8.69. The van der Waals surface area contributed by atoms with Gasteiger partial charge in [-0.15, -0.1) is 0 Å². The molecule has 0 unspecified atom stereocenters. The zero-order valence-electron chi connectivity index (χ0n) is 14.5. The molecule has 2 aliphatic rings. The van der Waals surface area contributed by atoms with E-state index in [0.29, 0.717) is 23.0 Å². The van der Waals surface area contributed by atoms with Crippen molar-refractivity contribution < 1.29 is 9.59 Å². The Balaban J connectivity index is 1.41. The molecule has 138 valence electrons. The van der Waals surface area contributed by atoms with E-state index < -0.39 is 0 Å². The number of amides is 2. The first kappa shape index (κ1) is 17.9. The highest BCUT2D eigenvalue weighted by Gasteiger charge is 2.25. The van der Waals surface area contributed by atoms with Gasteiger partial charge >= 0.3 is 0 Å². The van der Waals surface area contributed by atoms with E-state index in [9.17, 15) is 9.59 Å². The molecular formula is C20H18ClN3O2S. The van der Waals surface area contributed by atoms with Crippen LogP contribution in [0.5, 0.6) is 0 Å². The maximum atomic E-state index is 12.6. The number of hydrogen-bond acceptors (Lipinski definition) is 4. The highest BCUT2D eigenvalue weighted by molar-refractivity contribution is 8.04. The third kappa shape index (κ3) is 3.96. The van der Waals surface area contributed by atoms with Crippen LogP contribution in [0.15, 0.2) is 64.4 Å². The number of carbonyl (C=O) groups is 2. The summed E-state index contributed by atoms with van der Waals surface area (Å²) in [6.45, 7) is 2.69. The van der Waals surface area contributed by atoms with E-state index in [1.54, 1.807) is 4.90 Å². The van der Waals surface area contributed by atoms with Gasteiger partial charge in [0.05, 0.1) is 10.6 Å². The van der Waals surface area contributed by atoms with Crippen molar-refractivity contribution in [2.24, 2.45) is 0 Å². The van der Waals surface area contributed by atoms with E-state index in [4.69, 9.17) is 11.6 Å². The van der Waals surface area contributed by atoms with Crippen LogP contribution in [-0.2, 0) is 9.59 Å². The third-order valence-electron chi connectivity index (χ3n) is 4.60. The Bertz CT molecular complexity index is 923. The van der Waals surface area contributed by atoms with Crippen molar-refractivity contribution in [2.75, 3.05) is 36.4 Å². The van der Waals surface area contributed by atoms with E-state index in [0.717, 1.165) is 29.4 Å². The first-order chi connectivity index (χ1) is 13.1. The molecule has 0 saturated carbocycles. The summed E-state index contributed by atoms with van der Waals surface area (Å²) >= 11 is 7.40. The highest BCUT2D eigenvalue weighted by atomic mass is 35.5. The molecule has 2 heterocycles. The Morgan fingerprint density at radius 3 is 2.63 bits per heavy atom. The fourth-order valence-electron chi connectivity index (χ4n) is 3.16. The molecule has 2 aromatic rings. The largest absolute Gasteiger partial charge is 0.368 e. The highest BCUT2D eigenvalue weighted by Crippen LogP contribution is 2.37. The molecule has 4 rings (SSSR count). The minimum Gasteiger partial charge on any atom is -0.368 e. The Labute approximate surface area is 167 Å². The Hall–Kier alpha value is -2.44. The van der Waals surface area contributed by atoms with Gasteiger partial charge in [-0.1, -0.05) is 41.6 Å². The van der Waals surface area contributed by atoms with Gasteiger partial charge in [-0.05, 0) is 30.3 Å². The molecule has 0 radical (unpaired) electrons. The van der Waals surface area contributed by atoms with Gasteiger partial charge in [0.1, 0.15) is 0 Å². The summed E-state index contributed by atoms with van der Waals surface area (Å²) in [6, 6.07) is 15.3. The molecular weight excluding hydrogens is 382 g/mol. The summed E-state index contributed by atoms with van der Waals surface area (Å²) in [5, 5.41) is 3.54. The second-order valence-corrected chi connectivity index (χ2v) is 7.87. The van der Waals surface area contributed by atoms with Gasteiger partial charge in [-0.25, -0.2) is 0 Å². The van der Waals surface area contributed by atoms with Crippen molar-refractivity contribution in [3.63, 3.8) is 0 Å². The predicted molar refractivity (Wildman–Crippen MR) is 109 cm³/mol. The lowest BCUT2D eigenvalue weighted by atomic mass is 10.2. The molecule has 5 nitrogen and oxygen atoms in total. The van der Waals surface area contributed by atoms with E-state index in [1.807, 2.05) is 48.5 Å². The molecule has 2 aromatic carbocycles. The Kier molecular flexibility index (Phi) is 5.09. The van der Waals surface area contributed by atoms with Gasteiger partial charge in [-0.3, -0.25) is 9.59 Å². The number of anilines is 2. The molecule has 7 heteroatoms. The molecule has 1 fully saturated rings. The van der Waals surface area contributed by atoms with Crippen LogP contribution in [0.1, 0.15) is 0 Å². The summed E-state index contributed by atoms with van der Waals surface area (Å²) < 4.78 is 0. The maximum Gasteiger partial charge on any atom is 0.262 e. The average Bonchev–Trinajstić information content (AvgIpc) is 2.68. The molecule has 0 aromatic heterocycles. The zero-order valence-corrected chi connectivity index (χ0v) is 16.1. The molecule has 27 heavy (non-hydrogen) atoms. The molecule has 1 saturated heterocycles. The molecule has 2 amide bonds. The van der Waals surface area contributed by atoms with Crippen LogP contribution >= 0.6 is 23.4 Å². The van der Waals surface area contributed by atoms with Crippen LogP contribution in [0.25, 0.3) is 0 Å². The van der Waals surface area contributed by atoms with E-state index in [2.05, 4.69) is 10.2 Å². The number of para-hydroxylation sites is 1. The number of nitrogens with one attached hydrogen (secondary N) is 1. The second kappa shape index (κ2) is 7.66. The monoisotopic (exact) mass is 399 g/mol. The van der Waals surface area contributed by atoms with Crippen LogP contribution < -0.4 is 10.2 Å². The number of piperazine rings is 1. The molecule has 2 aliphatic heterocycles. The SMILES string of the molecule is O=C1Nc2ccccc2S/C1=C\C(=O)N1CCN(c2cccc(Cl)c2)CC1. The lowest BCUT2D eigenvalue weighted by Gasteiger charge is -2.35.